The number of anilines is 1. The van der Waals surface area contributed by atoms with Crippen LogP contribution in [0.15, 0.2) is 69.4 Å². The number of nitrogens with one attached hydrogen (secondary N) is 1. The summed E-state index contributed by atoms with van der Waals surface area (Å²) in [5.41, 5.74) is 2.83. The van der Waals surface area contributed by atoms with E-state index in [2.05, 4.69) is 15.6 Å². The minimum absolute atomic E-state index is 0.279. The first kappa shape index (κ1) is 28.6. The van der Waals surface area contributed by atoms with Crippen LogP contribution in [0.2, 0.25) is 0 Å². The van der Waals surface area contributed by atoms with Crippen molar-refractivity contribution in [3.8, 4) is 5.75 Å². The fourth-order valence-corrected chi connectivity index (χ4v) is 5.86. The van der Waals surface area contributed by atoms with Crippen molar-refractivity contribution in [1.29, 1.82) is 0 Å². The van der Waals surface area contributed by atoms with E-state index in [1.165, 1.54) is 10.6 Å². The molecule has 2 aliphatic rings. The highest BCUT2D eigenvalue weighted by Gasteiger charge is 2.40. The highest BCUT2D eigenvalue weighted by atomic mass is 35.5. The van der Waals surface area contributed by atoms with Gasteiger partial charge in [0.05, 0.1) is 24.5 Å². The number of amides is 1. The fourth-order valence-electron chi connectivity index (χ4n) is 5.53. The molecule has 3 heterocycles. The summed E-state index contributed by atoms with van der Waals surface area (Å²) in [4.78, 5) is 32.6. The van der Waals surface area contributed by atoms with Crippen LogP contribution in [0, 0.1) is 0 Å². The Balaban J connectivity index is 1.51. The Kier molecular flexibility index (Phi) is 8.32. The van der Waals surface area contributed by atoms with Crippen LogP contribution in [-0.2, 0) is 26.3 Å². The zero-order valence-electron chi connectivity index (χ0n) is 23.6. The van der Waals surface area contributed by atoms with E-state index < -0.39 is 11.5 Å². The second-order valence-electron chi connectivity index (χ2n) is 10.4. The van der Waals surface area contributed by atoms with Gasteiger partial charge in [0, 0.05) is 72.5 Å². The summed E-state index contributed by atoms with van der Waals surface area (Å²) in [6.07, 6.45) is 8.73. The lowest BCUT2D eigenvalue weighted by molar-refractivity contribution is -0.119. The number of ether oxygens (including phenoxy) is 2. The van der Waals surface area contributed by atoms with Crippen LogP contribution in [0.3, 0.4) is 0 Å². The van der Waals surface area contributed by atoms with Gasteiger partial charge < -0.3 is 19.6 Å². The number of aromatic nitrogens is 3. The van der Waals surface area contributed by atoms with E-state index in [0.29, 0.717) is 41.5 Å². The van der Waals surface area contributed by atoms with Gasteiger partial charge in [0.25, 0.3) is 5.56 Å². The molecule has 0 bridgehead atoms. The molecule has 1 aromatic carbocycles. The highest BCUT2D eigenvalue weighted by Crippen LogP contribution is 2.46. The molecule has 2 unspecified atom stereocenters. The maximum atomic E-state index is 13.7. The Labute approximate surface area is 243 Å². The second kappa shape index (κ2) is 11.9. The number of fused-ring (bicyclic) bond motifs is 1. The van der Waals surface area contributed by atoms with Gasteiger partial charge in [-0.3, -0.25) is 18.8 Å². The van der Waals surface area contributed by atoms with E-state index in [0.717, 1.165) is 28.7 Å². The van der Waals surface area contributed by atoms with Gasteiger partial charge in [-0.25, -0.2) is 0 Å². The number of halogens is 1. The van der Waals surface area contributed by atoms with Gasteiger partial charge in [0.2, 0.25) is 5.91 Å². The maximum Gasteiger partial charge on any atom is 0.251 e. The molecular weight excluding hydrogens is 546 g/mol. The molecule has 11 heteroatoms. The third kappa shape index (κ3) is 5.67. The van der Waals surface area contributed by atoms with Crippen molar-refractivity contribution >= 4 is 39.8 Å². The second-order valence-corrected chi connectivity index (χ2v) is 10.9. The topological polar surface area (TPSA) is 109 Å². The average molecular weight is 580 g/mol. The number of hydrogen-bond donors (Lipinski definition) is 1. The molecular formula is C30H34ClN5O5. The third-order valence-electron chi connectivity index (χ3n) is 7.70. The average Bonchev–Trinajstić information content (AvgIpc) is 3.63. The first-order chi connectivity index (χ1) is 19.8. The van der Waals surface area contributed by atoms with Gasteiger partial charge in [-0.05, 0) is 43.2 Å². The Morgan fingerprint density at radius 2 is 2.07 bits per heavy atom. The van der Waals surface area contributed by atoms with E-state index in [4.69, 9.17) is 25.9 Å². The van der Waals surface area contributed by atoms with Gasteiger partial charge in [0.15, 0.2) is 0 Å². The summed E-state index contributed by atoms with van der Waals surface area (Å²) >= 11 is 6.51. The molecule has 1 N–H and O–H groups in total. The molecule has 1 aliphatic heterocycles. The summed E-state index contributed by atoms with van der Waals surface area (Å²) in [6, 6.07) is 6.23. The van der Waals surface area contributed by atoms with Gasteiger partial charge in [-0.1, -0.05) is 29.8 Å². The number of carbonyl (C=O) groups is 1. The maximum absolute atomic E-state index is 13.7. The number of pyridine rings is 1. The largest absolute Gasteiger partial charge is 0.495 e. The summed E-state index contributed by atoms with van der Waals surface area (Å²) < 4.78 is 14.4. The van der Waals surface area contributed by atoms with Crippen molar-refractivity contribution in [2.45, 2.75) is 51.1 Å². The van der Waals surface area contributed by atoms with Gasteiger partial charge in [-0.15, -0.1) is 0 Å². The fraction of sp³-hybridized carbons (Fsp3) is 0.400. The SMILES string of the molecule is CCn1cc2cc(NC(=O)C(CCOC)n3cc(OC)c(C4(C)CC(Cl)=CC=C4C4=NOCC4)cc3=O)ccc2n1. The van der Waals surface area contributed by atoms with E-state index in [1.54, 1.807) is 26.5 Å². The van der Waals surface area contributed by atoms with Crippen molar-refractivity contribution in [2.24, 2.45) is 5.16 Å². The minimum Gasteiger partial charge on any atom is -0.495 e. The molecule has 216 valence electrons. The van der Waals surface area contributed by atoms with Crippen LogP contribution in [0.5, 0.6) is 5.75 Å². The Morgan fingerprint density at radius 1 is 1.24 bits per heavy atom. The normalized spacial score (nSPS) is 19.3. The predicted molar refractivity (Wildman–Crippen MR) is 159 cm³/mol. The quantitative estimate of drug-likeness (QED) is 0.365. The summed E-state index contributed by atoms with van der Waals surface area (Å²) in [5, 5.41) is 13.3. The number of hydrogen-bond acceptors (Lipinski definition) is 7. The zero-order chi connectivity index (χ0) is 29.1. The number of allylic oxidation sites excluding steroid dienone is 4. The van der Waals surface area contributed by atoms with Crippen LogP contribution in [-0.4, -0.2) is 53.4 Å². The van der Waals surface area contributed by atoms with Crippen LogP contribution >= 0.6 is 11.6 Å². The number of methoxy groups -OCH3 is 2. The lowest BCUT2D eigenvalue weighted by Crippen LogP contribution is -2.37. The smallest absolute Gasteiger partial charge is 0.251 e. The molecule has 0 fully saturated rings. The Hall–Kier alpha value is -3.89. The van der Waals surface area contributed by atoms with Gasteiger partial charge >= 0.3 is 0 Å². The van der Waals surface area contributed by atoms with E-state index in [-0.39, 0.29) is 24.5 Å². The van der Waals surface area contributed by atoms with Crippen LogP contribution in [0.1, 0.15) is 44.7 Å². The first-order valence-electron chi connectivity index (χ1n) is 13.6. The number of nitrogens with zero attached hydrogens (tertiary/aromatic N) is 4. The number of oxime groups is 1. The molecule has 41 heavy (non-hydrogen) atoms. The van der Waals surface area contributed by atoms with Crippen molar-refractivity contribution < 1.29 is 19.1 Å². The molecule has 0 saturated carbocycles. The molecule has 2 aromatic heterocycles. The highest BCUT2D eigenvalue weighted by molar-refractivity contribution is 6.30. The molecule has 5 rings (SSSR count). The van der Waals surface area contributed by atoms with Crippen LogP contribution < -0.4 is 15.6 Å². The van der Waals surface area contributed by atoms with E-state index in [9.17, 15) is 9.59 Å². The number of benzene rings is 1. The van der Waals surface area contributed by atoms with E-state index >= 15 is 0 Å². The monoisotopic (exact) mass is 579 g/mol. The number of rotatable bonds is 10. The molecule has 1 amide bonds. The molecule has 0 radical (unpaired) electrons. The van der Waals surface area contributed by atoms with Crippen LogP contribution in [0.25, 0.3) is 10.9 Å². The van der Waals surface area contributed by atoms with Crippen LogP contribution in [0.4, 0.5) is 5.69 Å². The lowest BCUT2D eigenvalue weighted by atomic mass is 9.69. The Bertz CT molecular complexity index is 1620. The summed E-state index contributed by atoms with van der Waals surface area (Å²) in [5.74, 6) is 0.126. The first-order valence-corrected chi connectivity index (χ1v) is 14.0. The number of aryl methyl sites for hydroxylation is 1. The Morgan fingerprint density at radius 3 is 2.78 bits per heavy atom. The minimum atomic E-state index is -0.843. The van der Waals surface area contributed by atoms with Gasteiger partial charge in [0.1, 0.15) is 18.4 Å². The number of carbonyl (C=O) groups excluding carboxylic acids is 1. The van der Waals surface area contributed by atoms with Crippen molar-refractivity contribution in [3.05, 3.63) is 75.3 Å². The molecule has 2 atom stereocenters. The van der Waals surface area contributed by atoms with E-state index in [1.807, 2.05) is 49.0 Å². The predicted octanol–water partition coefficient (Wildman–Crippen LogP) is 4.93. The molecule has 0 spiro atoms. The molecule has 10 nitrogen and oxygen atoms in total. The standard InChI is InChI=1S/C30H34ClN5O5/c1-5-35-17-19-14-21(7-9-24(19)33-35)32-29(38)26(11-12-39-3)36-18-27(40-4)23(15-28(36)37)30(2)16-20(31)6-8-22(30)25-10-13-41-34-25/h6-9,14-15,17-18,26H,5,10-13,16H2,1-4H3,(H,32,38). The lowest BCUT2D eigenvalue weighted by Gasteiger charge is -2.36. The molecule has 0 saturated heterocycles. The van der Waals surface area contributed by atoms with Gasteiger partial charge in [-0.2, -0.15) is 5.10 Å². The van der Waals surface area contributed by atoms with Crippen molar-refractivity contribution in [1.82, 2.24) is 14.3 Å². The molecule has 1 aliphatic carbocycles. The molecule has 3 aromatic rings. The summed E-state index contributed by atoms with van der Waals surface area (Å²) in [7, 11) is 3.11. The summed E-state index contributed by atoms with van der Waals surface area (Å²) in [6.45, 7) is 5.56. The van der Waals surface area contributed by atoms with Crippen molar-refractivity contribution in [2.75, 3.05) is 32.8 Å². The third-order valence-corrected chi connectivity index (χ3v) is 7.96. The zero-order valence-corrected chi connectivity index (χ0v) is 24.4. The van der Waals surface area contributed by atoms with Crippen molar-refractivity contribution in [3.63, 3.8) is 0 Å².